The van der Waals surface area contributed by atoms with Crippen LogP contribution in [0.15, 0.2) is 0 Å². The summed E-state index contributed by atoms with van der Waals surface area (Å²) < 4.78 is 0. The molecule has 1 heterocycles. The van der Waals surface area contributed by atoms with Gasteiger partial charge in [-0.3, -0.25) is 0 Å². The number of nitrogens with zero attached hydrogens (tertiary/aromatic N) is 2. The van der Waals surface area contributed by atoms with Gasteiger partial charge in [0.15, 0.2) is 0 Å². The van der Waals surface area contributed by atoms with Crippen molar-refractivity contribution in [1.82, 2.24) is 4.98 Å². The first kappa shape index (κ1) is 12.0. The highest BCUT2D eigenvalue weighted by Gasteiger charge is 2.13. The van der Waals surface area contributed by atoms with E-state index in [9.17, 15) is 0 Å². The van der Waals surface area contributed by atoms with Gasteiger partial charge in [-0.1, -0.05) is 0 Å². The van der Waals surface area contributed by atoms with Crippen LogP contribution in [-0.2, 0) is 0 Å². The summed E-state index contributed by atoms with van der Waals surface area (Å²) in [5.41, 5.74) is 5.12. The van der Waals surface area contributed by atoms with E-state index in [0.717, 1.165) is 11.5 Å². The maximum Gasteiger partial charge on any atom is 0.131 e. The summed E-state index contributed by atoms with van der Waals surface area (Å²) in [4.78, 5) is 6.91. The molecule has 0 amide bonds. The van der Waals surface area contributed by atoms with Crippen molar-refractivity contribution in [2.24, 2.45) is 0 Å². The van der Waals surface area contributed by atoms with Crippen molar-refractivity contribution in [3.05, 3.63) is 22.4 Å². The minimum absolute atomic E-state index is 0.484. The molecule has 0 aliphatic heterocycles. The second-order valence-corrected chi connectivity index (χ2v) is 4.60. The number of pyridine rings is 1. The van der Waals surface area contributed by atoms with Crippen LogP contribution >= 0.6 is 0 Å². The molecule has 0 aliphatic carbocycles. The van der Waals surface area contributed by atoms with Gasteiger partial charge in [0.25, 0.3) is 0 Å². The van der Waals surface area contributed by atoms with Crippen LogP contribution in [0.5, 0.6) is 0 Å². The third-order valence-corrected chi connectivity index (χ3v) is 3.39. The Morgan fingerprint density at radius 1 is 0.933 bits per heavy atom. The van der Waals surface area contributed by atoms with Gasteiger partial charge in [0.1, 0.15) is 5.82 Å². The van der Waals surface area contributed by atoms with Crippen molar-refractivity contribution < 1.29 is 0 Å². The summed E-state index contributed by atoms with van der Waals surface area (Å²) in [5.74, 6) is 1.12. The fraction of sp³-hybridized carbons (Fsp3) is 0.615. The first-order valence-corrected chi connectivity index (χ1v) is 5.53. The Morgan fingerprint density at radius 3 is 1.93 bits per heavy atom. The standard InChI is InChI=1S/C13H22N2/c1-8(2)15(7)13-11(5)9(3)10(4)12(6)14-13/h8H,1-7H3. The van der Waals surface area contributed by atoms with Gasteiger partial charge in [-0.25, -0.2) is 4.98 Å². The average Bonchev–Trinajstić information content (AvgIpc) is 2.19. The number of hydrogen-bond acceptors (Lipinski definition) is 2. The molecule has 15 heavy (non-hydrogen) atoms. The topological polar surface area (TPSA) is 16.1 Å². The largest absolute Gasteiger partial charge is 0.357 e. The van der Waals surface area contributed by atoms with E-state index in [4.69, 9.17) is 0 Å². The van der Waals surface area contributed by atoms with Crippen molar-refractivity contribution in [3.8, 4) is 0 Å². The van der Waals surface area contributed by atoms with E-state index in [1.807, 2.05) is 0 Å². The summed E-state index contributed by atoms with van der Waals surface area (Å²) in [6.07, 6.45) is 0. The van der Waals surface area contributed by atoms with Crippen LogP contribution in [0.3, 0.4) is 0 Å². The van der Waals surface area contributed by atoms with E-state index in [-0.39, 0.29) is 0 Å². The van der Waals surface area contributed by atoms with Crippen molar-refractivity contribution in [2.45, 2.75) is 47.6 Å². The normalized spacial score (nSPS) is 10.9. The Labute approximate surface area is 93.3 Å². The lowest BCUT2D eigenvalue weighted by Gasteiger charge is -2.26. The van der Waals surface area contributed by atoms with Crippen molar-refractivity contribution in [1.29, 1.82) is 0 Å². The smallest absolute Gasteiger partial charge is 0.131 e. The van der Waals surface area contributed by atoms with Crippen LogP contribution in [0.4, 0.5) is 5.82 Å². The molecule has 0 atom stereocenters. The monoisotopic (exact) mass is 206 g/mol. The third kappa shape index (κ3) is 2.14. The fourth-order valence-electron chi connectivity index (χ4n) is 1.63. The van der Waals surface area contributed by atoms with Crippen LogP contribution in [0.25, 0.3) is 0 Å². The van der Waals surface area contributed by atoms with Gasteiger partial charge in [-0.2, -0.15) is 0 Å². The van der Waals surface area contributed by atoms with Gasteiger partial charge in [-0.15, -0.1) is 0 Å². The number of aryl methyl sites for hydroxylation is 1. The van der Waals surface area contributed by atoms with Crippen LogP contribution in [-0.4, -0.2) is 18.1 Å². The van der Waals surface area contributed by atoms with Crippen LogP contribution in [0.1, 0.15) is 36.2 Å². The van der Waals surface area contributed by atoms with Gasteiger partial charge in [-0.05, 0) is 58.2 Å². The lowest BCUT2D eigenvalue weighted by molar-refractivity contribution is 0.737. The van der Waals surface area contributed by atoms with Gasteiger partial charge in [0.2, 0.25) is 0 Å². The zero-order valence-electron chi connectivity index (χ0n) is 11.0. The molecule has 0 N–H and O–H groups in total. The molecule has 0 aliphatic rings. The Hall–Kier alpha value is -1.05. The van der Waals surface area contributed by atoms with E-state index >= 15 is 0 Å². The SMILES string of the molecule is Cc1nc(N(C)C(C)C)c(C)c(C)c1C. The van der Waals surface area contributed by atoms with Crippen LogP contribution < -0.4 is 4.90 Å². The summed E-state index contributed by atoms with van der Waals surface area (Å²) in [6, 6.07) is 0.484. The van der Waals surface area contributed by atoms with Crippen molar-refractivity contribution >= 4 is 5.82 Å². The Balaban J connectivity index is 3.32. The molecule has 0 spiro atoms. The molecule has 0 radical (unpaired) electrons. The van der Waals surface area contributed by atoms with Gasteiger partial charge >= 0.3 is 0 Å². The summed E-state index contributed by atoms with van der Waals surface area (Å²) in [6.45, 7) is 12.9. The zero-order valence-corrected chi connectivity index (χ0v) is 11.0. The molecule has 1 aromatic heterocycles. The highest BCUT2D eigenvalue weighted by Crippen LogP contribution is 2.25. The quantitative estimate of drug-likeness (QED) is 0.739. The van der Waals surface area contributed by atoms with Gasteiger partial charge in [0.05, 0.1) is 0 Å². The second kappa shape index (κ2) is 4.21. The van der Waals surface area contributed by atoms with Crippen LogP contribution in [0.2, 0.25) is 0 Å². The highest BCUT2D eigenvalue weighted by atomic mass is 15.2. The first-order chi connectivity index (χ1) is 6.86. The molecular weight excluding hydrogens is 184 g/mol. The summed E-state index contributed by atoms with van der Waals surface area (Å²) in [5, 5.41) is 0. The molecule has 2 heteroatoms. The molecule has 0 unspecified atom stereocenters. The minimum Gasteiger partial charge on any atom is -0.357 e. The van der Waals surface area contributed by atoms with E-state index in [0.29, 0.717) is 6.04 Å². The van der Waals surface area contributed by atoms with E-state index in [1.165, 1.54) is 16.7 Å². The van der Waals surface area contributed by atoms with E-state index in [2.05, 4.69) is 58.5 Å². The number of hydrogen-bond donors (Lipinski definition) is 0. The summed E-state index contributed by atoms with van der Waals surface area (Å²) >= 11 is 0. The second-order valence-electron chi connectivity index (χ2n) is 4.60. The highest BCUT2D eigenvalue weighted by molar-refractivity contribution is 5.53. The molecule has 84 valence electrons. The van der Waals surface area contributed by atoms with E-state index < -0.39 is 0 Å². The van der Waals surface area contributed by atoms with Crippen molar-refractivity contribution in [2.75, 3.05) is 11.9 Å². The predicted octanol–water partition coefficient (Wildman–Crippen LogP) is 3.16. The fourth-order valence-corrected chi connectivity index (χ4v) is 1.63. The predicted molar refractivity (Wildman–Crippen MR) is 66.7 cm³/mol. The molecule has 0 saturated carbocycles. The lowest BCUT2D eigenvalue weighted by atomic mass is 10.0. The molecule has 0 bridgehead atoms. The number of rotatable bonds is 2. The molecule has 0 aromatic carbocycles. The lowest BCUT2D eigenvalue weighted by Crippen LogP contribution is -2.28. The third-order valence-electron chi connectivity index (χ3n) is 3.39. The molecule has 1 aromatic rings. The van der Waals surface area contributed by atoms with Gasteiger partial charge < -0.3 is 4.90 Å². The molecule has 2 nitrogen and oxygen atoms in total. The molecular formula is C13H22N2. The molecule has 0 saturated heterocycles. The maximum absolute atomic E-state index is 4.68. The maximum atomic E-state index is 4.68. The molecule has 1 rings (SSSR count). The Bertz CT molecular complexity index is 367. The van der Waals surface area contributed by atoms with Crippen LogP contribution in [0, 0.1) is 27.7 Å². The number of aromatic nitrogens is 1. The van der Waals surface area contributed by atoms with E-state index in [1.54, 1.807) is 0 Å². The zero-order chi connectivity index (χ0) is 11.7. The molecule has 0 fully saturated rings. The Morgan fingerprint density at radius 2 is 1.47 bits per heavy atom. The Kier molecular flexibility index (Phi) is 3.38. The first-order valence-electron chi connectivity index (χ1n) is 5.53. The summed E-state index contributed by atoms with van der Waals surface area (Å²) in [7, 11) is 2.11. The van der Waals surface area contributed by atoms with Gasteiger partial charge in [0, 0.05) is 18.8 Å². The average molecular weight is 206 g/mol. The minimum atomic E-state index is 0.484. The number of anilines is 1. The van der Waals surface area contributed by atoms with Crippen molar-refractivity contribution in [3.63, 3.8) is 0 Å².